The van der Waals surface area contributed by atoms with Crippen LogP contribution in [-0.4, -0.2) is 30.2 Å². The quantitative estimate of drug-likeness (QED) is 0.681. The Hall–Kier alpha value is -1.82. The normalized spacial score (nSPS) is 22.4. The van der Waals surface area contributed by atoms with Crippen LogP contribution in [0.1, 0.15) is 27.2 Å². The van der Waals surface area contributed by atoms with Crippen molar-refractivity contribution in [3.63, 3.8) is 0 Å². The summed E-state index contributed by atoms with van der Waals surface area (Å²) in [6, 6.07) is 5.18. The second-order valence-electron chi connectivity index (χ2n) is 6.08. The highest BCUT2D eigenvalue weighted by Gasteiger charge is 2.24. The number of benzene rings is 1. The molecule has 0 aromatic heterocycles. The van der Waals surface area contributed by atoms with Crippen molar-refractivity contribution >= 4 is 11.4 Å². The van der Waals surface area contributed by atoms with Crippen LogP contribution in [0.5, 0.6) is 5.75 Å². The molecular weight excluding hydrogens is 270 g/mol. The van der Waals surface area contributed by atoms with Crippen LogP contribution in [0.25, 0.3) is 0 Å². The molecule has 21 heavy (non-hydrogen) atoms. The number of hydrogen-bond acceptors (Lipinski definition) is 5. The molecule has 2 N–H and O–H groups in total. The van der Waals surface area contributed by atoms with E-state index in [-0.39, 0.29) is 17.8 Å². The molecule has 6 heteroatoms. The molecule has 0 amide bonds. The van der Waals surface area contributed by atoms with Crippen molar-refractivity contribution in [1.29, 1.82) is 0 Å². The van der Waals surface area contributed by atoms with Gasteiger partial charge >= 0.3 is 5.69 Å². The van der Waals surface area contributed by atoms with Crippen LogP contribution in [0.2, 0.25) is 0 Å². The average Bonchev–Trinajstić information content (AvgIpc) is 2.36. The van der Waals surface area contributed by atoms with E-state index < -0.39 is 4.92 Å². The number of hydrogen-bond donors (Lipinski definition) is 1. The van der Waals surface area contributed by atoms with Crippen molar-refractivity contribution in [2.75, 3.05) is 18.0 Å². The predicted molar refractivity (Wildman–Crippen MR) is 82.8 cm³/mol. The number of nitrogens with two attached hydrogens (primary N) is 1. The van der Waals surface area contributed by atoms with Gasteiger partial charge in [0.1, 0.15) is 0 Å². The Balaban J connectivity index is 2.30. The van der Waals surface area contributed by atoms with Crippen LogP contribution in [-0.2, 0) is 0 Å². The molecular formula is C15H23N3O3. The molecule has 1 aromatic carbocycles. The standard InChI is InChI=1S/C15H23N3O3/c1-10(2)21-15-7-13(4-5-14(15)18(19)20)17-8-11(3)6-12(16)9-17/h4-5,7,10-12H,6,8-9,16H2,1-3H3. The summed E-state index contributed by atoms with van der Waals surface area (Å²) in [6.45, 7) is 7.56. The Morgan fingerprint density at radius 2 is 2.14 bits per heavy atom. The topological polar surface area (TPSA) is 81.6 Å². The lowest BCUT2D eigenvalue weighted by Gasteiger charge is -2.36. The first kappa shape index (κ1) is 15.6. The van der Waals surface area contributed by atoms with Crippen LogP contribution >= 0.6 is 0 Å². The summed E-state index contributed by atoms with van der Waals surface area (Å²) in [5.41, 5.74) is 7.00. The number of nitro groups is 1. The van der Waals surface area contributed by atoms with Gasteiger partial charge in [0.25, 0.3) is 0 Å². The summed E-state index contributed by atoms with van der Waals surface area (Å²) in [5.74, 6) is 0.831. The summed E-state index contributed by atoms with van der Waals surface area (Å²) in [6.07, 6.45) is 0.903. The molecule has 1 aliphatic rings. The van der Waals surface area contributed by atoms with Crippen molar-refractivity contribution in [2.24, 2.45) is 11.7 Å². The minimum atomic E-state index is -0.411. The highest BCUT2D eigenvalue weighted by atomic mass is 16.6. The first-order valence-corrected chi connectivity index (χ1v) is 7.32. The molecule has 0 bridgehead atoms. The minimum Gasteiger partial charge on any atom is -0.484 e. The zero-order chi connectivity index (χ0) is 15.6. The van der Waals surface area contributed by atoms with Gasteiger partial charge in [-0.1, -0.05) is 6.92 Å². The van der Waals surface area contributed by atoms with Crippen molar-refractivity contribution < 1.29 is 9.66 Å². The van der Waals surface area contributed by atoms with Crippen LogP contribution in [0.4, 0.5) is 11.4 Å². The van der Waals surface area contributed by atoms with Crippen molar-refractivity contribution in [2.45, 2.75) is 39.3 Å². The van der Waals surface area contributed by atoms with Crippen LogP contribution in [0, 0.1) is 16.0 Å². The molecule has 2 rings (SSSR count). The smallest absolute Gasteiger partial charge is 0.311 e. The number of rotatable bonds is 4. The summed E-state index contributed by atoms with van der Waals surface area (Å²) >= 11 is 0. The third-order valence-corrected chi connectivity index (χ3v) is 3.56. The first-order valence-electron chi connectivity index (χ1n) is 7.32. The van der Waals surface area contributed by atoms with Gasteiger partial charge in [0.2, 0.25) is 0 Å². The summed E-state index contributed by atoms with van der Waals surface area (Å²) in [4.78, 5) is 12.9. The van der Waals surface area contributed by atoms with E-state index in [0.717, 1.165) is 25.2 Å². The molecule has 6 nitrogen and oxygen atoms in total. The van der Waals surface area contributed by atoms with E-state index in [1.807, 2.05) is 13.8 Å². The van der Waals surface area contributed by atoms with Crippen LogP contribution in [0.3, 0.4) is 0 Å². The second-order valence-corrected chi connectivity index (χ2v) is 6.08. The van der Waals surface area contributed by atoms with Gasteiger partial charge < -0.3 is 15.4 Å². The maximum absolute atomic E-state index is 11.1. The Morgan fingerprint density at radius 1 is 1.43 bits per heavy atom. The maximum Gasteiger partial charge on any atom is 0.311 e. The molecule has 1 aliphatic heterocycles. The van der Waals surface area contributed by atoms with Gasteiger partial charge in [-0.2, -0.15) is 0 Å². The van der Waals surface area contributed by atoms with Gasteiger partial charge in [0.15, 0.2) is 5.75 Å². The Kier molecular flexibility index (Phi) is 4.67. The Morgan fingerprint density at radius 3 is 2.71 bits per heavy atom. The van der Waals surface area contributed by atoms with Crippen molar-refractivity contribution in [3.8, 4) is 5.75 Å². The predicted octanol–water partition coefficient (Wildman–Crippen LogP) is 2.56. The Labute approximate surface area is 125 Å². The second kappa shape index (κ2) is 6.30. The molecule has 0 spiro atoms. The largest absolute Gasteiger partial charge is 0.484 e. The molecule has 1 aromatic rings. The van der Waals surface area contributed by atoms with Crippen molar-refractivity contribution in [3.05, 3.63) is 28.3 Å². The lowest BCUT2D eigenvalue weighted by molar-refractivity contribution is -0.386. The van der Waals surface area contributed by atoms with E-state index in [4.69, 9.17) is 10.5 Å². The van der Waals surface area contributed by atoms with E-state index in [2.05, 4.69) is 11.8 Å². The van der Waals surface area contributed by atoms with E-state index in [0.29, 0.717) is 11.7 Å². The minimum absolute atomic E-state index is 0.00167. The number of anilines is 1. The molecule has 1 saturated heterocycles. The maximum atomic E-state index is 11.1. The summed E-state index contributed by atoms with van der Waals surface area (Å²) < 4.78 is 5.59. The fraction of sp³-hybridized carbons (Fsp3) is 0.600. The summed E-state index contributed by atoms with van der Waals surface area (Å²) in [7, 11) is 0. The summed E-state index contributed by atoms with van der Waals surface area (Å²) in [5, 5.41) is 11.1. The lowest BCUT2D eigenvalue weighted by Crippen LogP contribution is -2.46. The number of ether oxygens (including phenoxy) is 1. The van der Waals surface area contributed by atoms with Gasteiger partial charge in [0.05, 0.1) is 11.0 Å². The van der Waals surface area contributed by atoms with Gasteiger partial charge in [-0.05, 0) is 32.3 Å². The number of nitro benzene ring substituents is 1. The number of piperidine rings is 1. The third kappa shape index (κ3) is 3.85. The van der Waals surface area contributed by atoms with Gasteiger partial charge in [-0.3, -0.25) is 10.1 Å². The molecule has 0 aliphatic carbocycles. The molecule has 1 fully saturated rings. The third-order valence-electron chi connectivity index (χ3n) is 3.56. The zero-order valence-corrected chi connectivity index (χ0v) is 12.8. The fourth-order valence-electron chi connectivity index (χ4n) is 2.81. The van der Waals surface area contributed by atoms with Gasteiger partial charge in [-0.15, -0.1) is 0 Å². The first-order chi connectivity index (χ1) is 9.86. The van der Waals surface area contributed by atoms with E-state index in [9.17, 15) is 10.1 Å². The Bertz CT molecular complexity index is 509. The SMILES string of the molecule is CC1CC(N)CN(c2ccc([N+](=O)[O-])c(OC(C)C)c2)C1. The van der Waals surface area contributed by atoms with Crippen LogP contribution in [0.15, 0.2) is 18.2 Å². The lowest BCUT2D eigenvalue weighted by atomic mass is 9.96. The molecule has 116 valence electrons. The van der Waals surface area contributed by atoms with Crippen LogP contribution < -0.4 is 15.4 Å². The van der Waals surface area contributed by atoms with E-state index in [1.54, 1.807) is 12.1 Å². The molecule has 0 radical (unpaired) electrons. The molecule has 2 atom stereocenters. The fourth-order valence-corrected chi connectivity index (χ4v) is 2.81. The zero-order valence-electron chi connectivity index (χ0n) is 12.8. The van der Waals surface area contributed by atoms with E-state index >= 15 is 0 Å². The number of nitrogens with zero attached hydrogens (tertiary/aromatic N) is 2. The monoisotopic (exact) mass is 293 g/mol. The molecule has 1 heterocycles. The highest BCUT2D eigenvalue weighted by molar-refractivity contribution is 5.59. The molecule has 0 saturated carbocycles. The van der Waals surface area contributed by atoms with E-state index in [1.165, 1.54) is 6.07 Å². The van der Waals surface area contributed by atoms with Gasteiger partial charge in [-0.25, -0.2) is 0 Å². The van der Waals surface area contributed by atoms with Crippen molar-refractivity contribution in [1.82, 2.24) is 0 Å². The highest BCUT2D eigenvalue weighted by Crippen LogP contribution is 2.33. The van der Waals surface area contributed by atoms with Gasteiger partial charge in [0, 0.05) is 37.0 Å². The average molecular weight is 293 g/mol. The molecule has 2 unspecified atom stereocenters.